The molecule has 0 aromatic rings. The van der Waals surface area contributed by atoms with Crippen LogP contribution in [-0.4, -0.2) is 47.4 Å². The van der Waals surface area contributed by atoms with Crippen molar-refractivity contribution in [2.45, 2.75) is 347 Å². The molecule has 72 heavy (non-hydrogen) atoms. The van der Waals surface area contributed by atoms with Crippen molar-refractivity contribution < 1.29 is 24.5 Å². The SMILES string of the molecule is CCCCCC/C=C\C/C=C\CCCCCCCC(=O)OCCCCCCCCCCCCCC/C=C\CCCCCCCCCCC(=O)NC(CO)C(O)/C=C/CCCCCCCCCCCCCCC. The molecule has 0 aromatic heterocycles. The van der Waals surface area contributed by atoms with Crippen molar-refractivity contribution in [2.24, 2.45) is 0 Å². The maximum Gasteiger partial charge on any atom is 0.305 e. The quantitative estimate of drug-likeness (QED) is 0.0320. The van der Waals surface area contributed by atoms with Gasteiger partial charge in [0, 0.05) is 12.8 Å². The van der Waals surface area contributed by atoms with Gasteiger partial charge in [-0.05, 0) is 89.9 Å². The molecule has 0 aliphatic carbocycles. The van der Waals surface area contributed by atoms with Gasteiger partial charge in [0.2, 0.25) is 5.91 Å². The molecule has 0 radical (unpaired) electrons. The van der Waals surface area contributed by atoms with Crippen molar-refractivity contribution in [1.82, 2.24) is 5.32 Å². The zero-order valence-electron chi connectivity index (χ0n) is 48.2. The molecule has 2 unspecified atom stereocenters. The number of carbonyl (C=O) groups is 2. The Morgan fingerprint density at radius 2 is 0.694 bits per heavy atom. The minimum Gasteiger partial charge on any atom is -0.466 e. The molecule has 2 atom stereocenters. The Bertz CT molecular complexity index is 1210. The van der Waals surface area contributed by atoms with E-state index < -0.39 is 12.1 Å². The zero-order chi connectivity index (χ0) is 52.2. The minimum atomic E-state index is -0.848. The molecule has 0 fully saturated rings. The molecular formula is C66H123NO5. The van der Waals surface area contributed by atoms with Gasteiger partial charge in [-0.3, -0.25) is 9.59 Å². The van der Waals surface area contributed by atoms with Crippen molar-refractivity contribution >= 4 is 11.9 Å². The van der Waals surface area contributed by atoms with Gasteiger partial charge in [0.15, 0.2) is 0 Å². The molecular weight excluding hydrogens is 887 g/mol. The number of nitrogens with one attached hydrogen (secondary N) is 1. The van der Waals surface area contributed by atoms with Crippen molar-refractivity contribution in [3.05, 3.63) is 48.6 Å². The Hall–Kier alpha value is -2.18. The second-order valence-electron chi connectivity index (χ2n) is 21.7. The number of carbonyl (C=O) groups excluding carboxylic acids is 2. The third-order valence-corrected chi connectivity index (χ3v) is 14.6. The van der Waals surface area contributed by atoms with Crippen molar-refractivity contribution in [2.75, 3.05) is 13.2 Å². The van der Waals surface area contributed by atoms with Gasteiger partial charge in [-0.1, -0.05) is 281 Å². The summed E-state index contributed by atoms with van der Waals surface area (Å²) in [6.45, 7) is 4.89. The van der Waals surface area contributed by atoms with Gasteiger partial charge in [0.05, 0.1) is 25.4 Å². The highest BCUT2D eigenvalue weighted by Crippen LogP contribution is 2.17. The molecule has 0 aliphatic rings. The number of rotatable bonds is 59. The van der Waals surface area contributed by atoms with Crippen LogP contribution in [0.5, 0.6) is 0 Å². The number of hydrogen-bond donors (Lipinski definition) is 3. The van der Waals surface area contributed by atoms with Gasteiger partial charge in [-0.15, -0.1) is 0 Å². The van der Waals surface area contributed by atoms with Gasteiger partial charge in [-0.2, -0.15) is 0 Å². The fraction of sp³-hybridized carbons (Fsp3) is 0.848. The number of amides is 1. The Kier molecular flexibility index (Phi) is 59.5. The van der Waals surface area contributed by atoms with E-state index in [0.29, 0.717) is 19.4 Å². The standard InChI is InChI=1S/C66H123NO5/c1-3-5-7-9-11-13-15-17-19-32-36-40-44-48-52-56-60-66(71)72-61-57-53-49-45-41-37-33-29-27-25-23-21-20-22-24-26-28-31-35-39-43-47-51-55-59-65(70)67-63(62-68)64(69)58-54-50-46-42-38-34-30-18-16-14-12-10-8-6-4-2/h13,15,19,22,24,32,54,58,63-64,68-69H,3-12,14,16-18,20-21,23,25-31,33-53,55-57,59-62H2,1-2H3,(H,67,70)/b15-13-,24-22-,32-19-,58-54+. The van der Waals surface area contributed by atoms with E-state index in [1.165, 1.54) is 257 Å². The van der Waals surface area contributed by atoms with Crippen LogP contribution >= 0.6 is 0 Å². The summed E-state index contributed by atoms with van der Waals surface area (Å²) in [4.78, 5) is 24.5. The largest absolute Gasteiger partial charge is 0.466 e. The summed E-state index contributed by atoms with van der Waals surface area (Å²) in [5.74, 6) is -0.0736. The monoisotopic (exact) mass is 1010 g/mol. The van der Waals surface area contributed by atoms with E-state index in [1.54, 1.807) is 6.08 Å². The summed E-state index contributed by atoms with van der Waals surface area (Å²) in [6.07, 6.45) is 78.7. The van der Waals surface area contributed by atoms with E-state index in [0.717, 1.165) is 51.4 Å². The van der Waals surface area contributed by atoms with Crippen LogP contribution in [0.3, 0.4) is 0 Å². The molecule has 0 spiro atoms. The van der Waals surface area contributed by atoms with Crippen LogP contribution in [0.4, 0.5) is 0 Å². The zero-order valence-corrected chi connectivity index (χ0v) is 48.2. The molecule has 0 saturated heterocycles. The third-order valence-electron chi connectivity index (χ3n) is 14.6. The van der Waals surface area contributed by atoms with E-state index in [9.17, 15) is 19.8 Å². The maximum absolute atomic E-state index is 12.5. The maximum atomic E-state index is 12.5. The highest BCUT2D eigenvalue weighted by molar-refractivity contribution is 5.76. The van der Waals surface area contributed by atoms with Gasteiger partial charge in [0.25, 0.3) is 0 Å². The summed E-state index contributed by atoms with van der Waals surface area (Å²) < 4.78 is 5.48. The fourth-order valence-electron chi connectivity index (χ4n) is 9.66. The highest BCUT2D eigenvalue weighted by Gasteiger charge is 2.18. The first-order valence-electron chi connectivity index (χ1n) is 31.9. The predicted octanol–water partition coefficient (Wildman–Crippen LogP) is 20.1. The average Bonchev–Trinajstić information content (AvgIpc) is 3.38. The predicted molar refractivity (Wildman–Crippen MR) is 315 cm³/mol. The summed E-state index contributed by atoms with van der Waals surface area (Å²) in [5, 5.41) is 23.1. The molecule has 0 rings (SSSR count). The molecule has 0 aromatic carbocycles. The highest BCUT2D eigenvalue weighted by atomic mass is 16.5. The lowest BCUT2D eigenvalue weighted by molar-refractivity contribution is -0.143. The van der Waals surface area contributed by atoms with Crippen LogP contribution in [0.2, 0.25) is 0 Å². The molecule has 422 valence electrons. The topological polar surface area (TPSA) is 95.9 Å². The van der Waals surface area contributed by atoms with Crippen LogP contribution < -0.4 is 5.32 Å². The van der Waals surface area contributed by atoms with Gasteiger partial charge >= 0.3 is 5.97 Å². The number of unbranched alkanes of at least 4 members (excludes halogenated alkanes) is 42. The van der Waals surface area contributed by atoms with Crippen LogP contribution in [0.15, 0.2) is 48.6 Å². The normalized spacial score (nSPS) is 12.9. The van der Waals surface area contributed by atoms with E-state index in [-0.39, 0.29) is 18.5 Å². The fourth-order valence-corrected chi connectivity index (χ4v) is 9.66. The molecule has 1 amide bonds. The molecule has 0 saturated carbocycles. The van der Waals surface area contributed by atoms with E-state index >= 15 is 0 Å². The lowest BCUT2D eigenvalue weighted by atomic mass is 10.0. The first kappa shape index (κ1) is 69.8. The molecule has 0 bridgehead atoms. The Labute approximate surface area is 448 Å². The second kappa shape index (κ2) is 61.4. The smallest absolute Gasteiger partial charge is 0.305 e. The van der Waals surface area contributed by atoms with Crippen molar-refractivity contribution in [1.29, 1.82) is 0 Å². The first-order valence-corrected chi connectivity index (χ1v) is 31.9. The number of aliphatic hydroxyl groups excluding tert-OH is 2. The Balaban J connectivity index is 3.43. The van der Waals surface area contributed by atoms with Gasteiger partial charge in [0.1, 0.15) is 0 Å². The number of hydrogen-bond acceptors (Lipinski definition) is 5. The third kappa shape index (κ3) is 57.1. The molecule has 0 aliphatic heterocycles. The van der Waals surface area contributed by atoms with Gasteiger partial charge < -0.3 is 20.3 Å². The summed E-state index contributed by atoms with van der Waals surface area (Å²) in [7, 11) is 0. The Morgan fingerprint density at radius 1 is 0.389 bits per heavy atom. The van der Waals surface area contributed by atoms with E-state index in [2.05, 4.69) is 55.6 Å². The molecule has 6 nitrogen and oxygen atoms in total. The van der Waals surface area contributed by atoms with E-state index in [4.69, 9.17) is 4.74 Å². The number of esters is 1. The molecule has 3 N–H and O–H groups in total. The molecule has 0 heterocycles. The van der Waals surface area contributed by atoms with Gasteiger partial charge in [-0.25, -0.2) is 0 Å². The number of ether oxygens (including phenoxy) is 1. The summed E-state index contributed by atoms with van der Waals surface area (Å²) >= 11 is 0. The second-order valence-corrected chi connectivity index (χ2v) is 21.7. The van der Waals surface area contributed by atoms with Crippen molar-refractivity contribution in [3.8, 4) is 0 Å². The van der Waals surface area contributed by atoms with Crippen LogP contribution in [0.25, 0.3) is 0 Å². The van der Waals surface area contributed by atoms with E-state index in [1.807, 2.05) is 6.08 Å². The van der Waals surface area contributed by atoms with Crippen molar-refractivity contribution in [3.63, 3.8) is 0 Å². The first-order chi connectivity index (χ1) is 35.5. The minimum absolute atomic E-state index is 0.00166. The molecule has 6 heteroatoms. The lowest BCUT2D eigenvalue weighted by Gasteiger charge is -2.20. The van der Waals surface area contributed by atoms with Crippen LogP contribution in [0.1, 0.15) is 335 Å². The van der Waals surface area contributed by atoms with Crippen LogP contribution in [-0.2, 0) is 14.3 Å². The van der Waals surface area contributed by atoms with Crippen LogP contribution in [0, 0.1) is 0 Å². The number of allylic oxidation sites excluding steroid dienone is 7. The Morgan fingerprint density at radius 3 is 1.08 bits per heavy atom. The lowest BCUT2D eigenvalue weighted by Crippen LogP contribution is -2.45. The summed E-state index contributed by atoms with van der Waals surface area (Å²) in [6, 6.07) is -0.632. The average molecular weight is 1010 g/mol. The summed E-state index contributed by atoms with van der Waals surface area (Å²) in [5.41, 5.74) is 0. The number of aliphatic hydroxyl groups is 2.